The van der Waals surface area contributed by atoms with E-state index in [4.69, 9.17) is 18.7 Å². The van der Waals surface area contributed by atoms with Crippen LogP contribution in [-0.4, -0.2) is 32.4 Å². The van der Waals surface area contributed by atoms with Crippen molar-refractivity contribution in [2.75, 3.05) is 26.6 Å². The fourth-order valence-electron chi connectivity index (χ4n) is 2.54. The van der Waals surface area contributed by atoms with Gasteiger partial charge in [0.25, 0.3) is 5.91 Å². The maximum absolute atomic E-state index is 12.7. The fraction of sp³-hybridized carbons (Fsp3) is 0.158. The van der Waals surface area contributed by atoms with Crippen LogP contribution in [0.15, 0.2) is 53.2 Å². The van der Waals surface area contributed by atoms with E-state index in [9.17, 15) is 4.79 Å². The molecule has 0 aliphatic rings. The average Bonchev–Trinajstić information content (AvgIpc) is 3.15. The van der Waals surface area contributed by atoms with E-state index in [1.807, 2.05) is 30.3 Å². The van der Waals surface area contributed by atoms with Gasteiger partial charge in [0.15, 0.2) is 11.5 Å². The fourth-order valence-corrected chi connectivity index (χ4v) is 2.54. The molecule has 0 aliphatic carbocycles. The summed E-state index contributed by atoms with van der Waals surface area (Å²) in [6.07, 6.45) is 1.56. The number of methoxy groups -OCH3 is 3. The maximum Gasteiger partial charge on any atom is 0.258 e. The number of anilines is 1. The Kier molecular flexibility index (Phi) is 5.07. The smallest absolute Gasteiger partial charge is 0.258 e. The molecule has 1 heterocycles. The van der Waals surface area contributed by atoms with Crippen LogP contribution in [0.4, 0.5) is 5.88 Å². The van der Waals surface area contributed by atoms with E-state index < -0.39 is 5.91 Å². The number of benzene rings is 2. The molecule has 7 nitrogen and oxygen atoms in total. The summed E-state index contributed by atoms with van der Waals surface area (Å²) in [5.74, 6) is 1.06. The molecule has 3 aromatic rings. The van der Waals surface area contributed by atoms with Gasteiger partial charge in [-0.15, -0.1) is 0 Å². The molecule has 0 spiro atoms. The number of hydrogen-bond donors (Lipinski definition) is 1. The van der Waals surface area contributed by atoms with Crippen molar-refractivity contribution in [2.45, 2.75) is 0 Å². The zero-order valence-electron chi connectivity index (χ0n) is 14.6. The van der Waals surface area contributed by atoms with Crippen molar-refractivity contribution >= 4 is 11.8 Å². The van der Waals surface area contributed by atoms with Gasteiger partial charge in [-0.1, -0.05) is 35.5 Å². The van der Waals surface area contributed by atoms with Gasteiger partial charge in [0.05, 0.1) is 33.1 Å². The summed E-state index contributed by atoms with van der Waals surface area (Å²) in [7, 11) is 4.48. The third-order valence-corrected chi connectivity index (χ3v) is 3.81. The Hall–Kier alpha value is -3.48. The lowest BCUT2D eigenvalue weighted by Gasteiger charge is -2.13. The minimum atomic E-state index is -0.391. The lowest BCUT2D eigenvalue weighted by atomic mass is 10.1. The number of carbonyl (C=O) groups excluding carboxylic acids is 1. The number of ether oxygens (including phenoxy) is 3. The first-order chi connectivity index (χ1) is 12.7. The lowest BCUT2D eigenvalue weighted by Crippen LogP contribution is -2.12. The van der Waals surface area contributed by atoms with Gasteiger partial charge in [0, 0.05) is 5.56 Å². The summed E-state index contributed by atoms with van der Waals surface area (Å²) in [6, 6.07) is 12.6. The van der Waals surface area contributed by atoms with Crippen LogP contribution in [0.3, 0.4) is 0 Å². The zero-order chi connectivity index (χ0) is 18.5. The topological polar surface area (TPSA) is 82.8 Å². The van der Waals surface area contributed by atoms with Crippen LogP contribution in [0.1, 0.15) is 10.4 Å². The van der Waals surface area contributed by atoms with Crippen LogP contribution < -0.4 is 19.5 Å². The molecule has 2 aromatic carbocycles. The van der Waals surface area contributed by atoms with Crippen LogP contribution in [0.2, 0.25) is 0 Å². The van der Waals surface area contributed by atoms with Gasteiger partial charge in [-0.2, -0.15) is 0 Å². The summed E-state index contributed by atoms with van der Waals surface area (Å²) < 4.78 is 21.0. The van der Waals surface area contributed by atoms with E-state index in [0.717, 1.165) is 5.56 Å². The van der Waals surface area contributed by atoms with Gasteiger partial charge in [-0.05, 0) is 17.7 Å². The number of amides is 1. The predicted molar refractivity (Wildman–Crippen MR) is 96.0 cm³/mol. The number of nitrogens with zero attached hydrogens (tertiary/aromatic N) is 1. The van der Waals surface area contributed by atoms with E-state index in [0.29, 0.717) is 28.4 Å². The van der Waals surface area contributed by atoms with E-state index in [-0.39, 0.29) is 5.88 Å². The third kappa shape index (κ3) is 3.32. The van der Waals surface area contributed by atoms with Gasteiger partial charge in [0.1, 0.15) is 0 Å². The minimum absolute atomic E-state index is 0.259. The monoisotopic (exact) mass is 354 g/mol. The van der Waals surface area contributed by atoms with Gasteiger partial charge in [0.2, 0.25) is 11.6 Å². The third-order valence-electron chi connectivity index (χ3n) is 3.81. The van der Waals surface area contributed by atoms with Crippen molar-refractivity contribution in [3.05, 3.63) is 54.2 Å². The highest BCUT2D eigenvalue weighted by atomic mass is 16.5. The van der Waals surface area contributed by atoms with Crippen LogP contribution >= 0.6 is 0 Å². The maximum atomic E-state index is 12.7. The molecular weight excluding hydrogens is 336 g/mol. The molecule has 26 heavy (non-hydrogen) atoms. The van der Waals surface area contributed by atoms with Gasteiger partial charge >= 0.3 is 0 Å². The van der Waals surface area contributed by atoms with Crippen molar-refractivity contribution in [2.24, 2.45) is 0 Å². The molecule has 0 bridgehead atoms. The zero-order valence-corrected chi connectivity index (χ0v) is 14.6. The summed E-state index contributed by atoms with van der Waals surface area (Å²) in [5.41, 5.74) is 1.90. The van der Waals surface area contributed by atoms with E-state index >= 15 is 0 Å². The highest BCUT2D eigenvalue weighted by Crippen LogP contribution is 2.38. The Morgan fingerprint density at radius 1 is 1.00 bits per heavy atom. The molecule has 0 unspecified atom stereocenters. The van der Waals surface area contributed by atoms with Gasteiger partial charge in [-0.25, -0.2) is 0 Å². The molecule has 3 rings (SSSR count). The van der Waals surface area contributed by atoms with Gasteiger partial charge in [-0.3, -0.25) is 10.1 Å². The molecule has 0 aliphatic heterocycles. The molecule has 0 saturated carbocycles. The largest absolute Gasteiger partial charge is 0.493 e. The van der Waals surface area contributed by atoms with Gasteiger partial charge < -0.3 is 18.7 Å². The number of rotatable bonds is 6. The second kappa shape index (κ2) is 7.60. The summed E-state index contributed by atoms with van der Waals surface area (Å²) in [4.78, 5) is 12.7. The van der Waals surface area contributed by atoms with Crippen LogP contribution in [0.5, 0.6) is 17.2 Å². The Morgan fingerprint density at radius 3 is 2.23 bits per heavy atom. The normalized spacial score (nSPS) is 10.3. The van der Waals surface area contributed by atoms with Crippen LogP contribution in [0, 0.1) is 0 Å². The van der Waals surface area contributed by atoms with E-state index in [1.54, 1.807) is 18.3 Å². The summed E-state index contributed by atoms with van der Waals surface area (Å²) in [5, 5.41) is 6.51. The first-order valence-corrected chi connectivity index (χ1v) is 7.79. The Balaban J connectivity index is 1.91. The predicted octanol–water partition coefficient (Wildman–Crippen LogP) is 3.62. The summed E-state index contributed by atoms with van der Waals surface area (Å²) in [6.45, 7) is 0. The van der Waals surface area contributed by atoms with Crippen LogP contribution in [0.25, 0.3) is 11.1 Å². The molecule has 1 aromatic heterocycles. The van der Waals surface area contributed by atoms with Crippen LogP contribution in [-0.2, 0) is 0 Å². The number of hydrogen-bond acceptors (Lipinski definition) is 6. The minimum Gasteiger partial charge on any atom is -0.493 e. The Morgan fingerprint density at radius 2 is 1.65 bits per heavy atom. The SMILES string of the molecule is COc1cc(C(=O)Nc2oncc2-c2ccccc2)cc(OC)c1OC. The lowest BCUT2D eigenvalue weighted by molar-refractivity contribution is 0.102. The van der Waals surface area contributed by atoms with Crippen molar-refractivity contribution in [3.8, 4) is 28.4 Å². The number of carbonyl (C=O) groups is 1. The quantitative estimate of drug-likeness (QED) is 0.728. The van der Waals surface area contributed by atoms with Crippen molar-refractivity contribution < 1.29 is 23.5 Å². The average molecular weight is 354 g/mol. The summed E-state index contributed by atoms with van der Waals surface area (Å²) >= 11 is 0. The van der Waals surface area contributed by atoms with E-state index in [1.165, 1.54) is 21.3 Å². The molecule has 7 heteroatoms. The first-order valence-electron chi connectivity index (χ1n) is 7.79. The second-order valence-corrected chi connectivity index (χ2v) is 5.30. The second-order valence-electron chi connectivity index (χ2n) is 5.30. The number of aromatic nitrogens is 1. The molecule has 0 atom stereocenters. The Bertz CT molecular complexity index is 880. The molecule has 0 fully saturated rings. The molecule has 0 saturated heterocycles. The number of nitrogens with one attached hydrogen (secondary N) is 1. The van der Waals surface area contributed by atoms with E-state index in [2.05, 4.69) is 10.5 Å². The first kappa shape index (κ1) is 17.3. The molecule has 1 N–H and O–H groups in total. The standard InChI is InChI=1S/C19H18N2O5/c1-23-15-9-13(10-16(24-2)17(15)25-3)18(22)21-19-14(11-20-26-19)12-7-5-4-6-8-12/h4-11H,1-3H3,(H,21,22). The highest BCUT2D eigenvalue weighted by molar-refractivity contribution is 6.06. The molecule has 0 radical (unpaired) electrons. The molecule has 134 valence electrons. The van der Waals surface area contributed by atoms with Crippen molar-refractivity contribution in [3.63, 3.8) is 0 Å². The van der Waals surface area contributed by atoms with Crippen molar-refractivity contribution in [1.82, 2.24) is 5.16 Å². The molecular formula is C19H18N2O5. The van der Waals surface area contributed by atoms with Crippen molar-refractivity contribution in [1.29, 1.82) is 0 Å². The highest BCUT2D eigenvalue weighted by Gasteiger charge is 2.19. The molecule has 1 amide bonds. The Labute approximate surface area is 150 Å².